The number of allylic oxidation sites excluding steroid dienone is 4. The van der Waals surface area contributed by atoms with Gasteiger partial charge in [-0.1, -0.05) is 24.3 Å². The highest BCUT2D eigenvalue weighted by Gasteiger charge is 2.39. The monoisotopic (exact) mass is 482 g/mol. The van der Waals surface area contributed by atoms with Crippen molar-refractivity contribution in [3.05, 3.63) is 70.8 Å². The molecule has 2 aliphatic carbocycles. The summed E-state index contributed by atoms with van der Waals surface area (Å²) in [5.41, 5.74) is 1.58. The first-order valence-electron chi connectivity index (χ1n) is 13.2. The zero-order valence-corrected chi connectivity index (χ0v) is 20.4. The first kappa shape index (κ1) is 22.9. The fourth-order valence-electron chi connectivity index (χ4n) is 6.22. The van der Waals surface area contributed by atoms with E-state index in [1.54, 1.807) is 24.3 Å². The van der Waals surface area contributed by atoms with Crippen LogP contribution in [-0.2, 0) is 0 Å². The zero-order valence-electron chi connectivity index (χ0n) is 20.4. The molecule has 2 aromatic carbocycles. The first-order valence-corrected chi connectivity index (χ1v) is 13.2. The largest absolute Gasteiger partial charge is 0.274 e. The lowest BCUT2D eigenvalue weighted by Gasteiger charge is -2.32. The molecule has 36 heavy (non-hydrogen) atoms. The van der Waals surface area contributed by atoms with E-state index in [0.29, 0.717) is 58.0 Å². The van der Waals surface area contributed by atoms with Gasteiger partial charge < -0.3 is 0 Å². The summed E-state index contributed by atoms with van der Waals surface area (Å²) in [7, 11) is 0. The van der Waals surface area contributed by atoms with Crippen molar-refractivity contribution in [2.24, 2.45) is 11.8 Å². The average molecular weight is 483 g/mol. The van der Waals surface area contributed by atoms with Gasteiger partial charge in [0, 0.05) is 46.1 Å². The lowest BCUT2D eigenvalue weighted by atomic mass is 9.85. The Morgan fingerprint density at radius 1 is 0.583 bits per heavy atom. The molecule has 0 saturated heterocycles. The van der Waals surface area contributed by atoms with Gasteiger partial charge in [0.1, 0.15) is 0 Å². The lowest BCUT2D eigenvalue weighted by Crippen LogP contribution is -2.44. The van der Waals surface area contributed by atoms with Crippen LogP contribution < -0.4 is 0 Å². The minimum atomic E-state index is -0.345. The van der Waals surface area contributed by atoms with Crippen LogP contribution in [0.1, 0.15) is 92.8 Å². The normalized spacial score (nSPS) is 23.2. The number of imide groups is 2. The van der Waals surface area contributed by atoms with E-state index in [1.165, 1.54) is 9.80 Å². The van der Waals surface area contributed by atoms with Crippen LogP contribution in [-0.4, -0.2) is 46.5 Å². The second-order valence-electron chi connectivity index (χ2n) is 10.4. The molecule has 2 aromatic rings. The van der Waals surface area contributed by atoms with Gasteiger partial charge in [0.25, 0.3) is 23.6 Å². The van der Waals surface area contributed by atoms with Crippen molar-refractivity contribution < 1.29 is 19.2 Å². The van der Waals surface area contributed by atoms with Crippen LogP contribution in [0.2, 0.25) is 0 Å². The zero-order chi connectivity index (χ0) is 24.8. The molecule has 4 aliphatic rings. The van der Waals surface area contributed by atoms with Gasteiger partial charge in [0.15, 0.2) is 0 Å². The summed E-state index contributed by atoms with van der Waals surface area (Å²) in [6, 6.07) is 6.62. The molecular formula is C30H30N2O4. The van der Waals surface area contributed by atoms with Gasteiger partial charge in [-0.15, -0.1) is 0 Å². The van der Waals surface area contributed by atoms with Gasteiger partial charge in [0.2, 0.25) is 0 Å². The third-order valence-corrected chi connectivity index (χ3v) is 8.22. The molecular weight excluding hydrogens is 452 g/mol. The van der Waals surface area contributed by atoms with Crippen molar-refractivity contribution in [2.45, 2.75) is 51.4 Å². The maximum absolute atomic E-state index is 13.4. The quantitative estimate of drug-likeness (QED) is 0.401. The van der Waals surface area contributed by atoms with E-state index in [4.69, 9.17) is 0 Å². The molecule has 6 nitrogen and oxygen atoms in total. The Labute approximate surface area is 210 Å². The predicted octanol–water partition coefficient (Wildman–Crippen LogP) is 5.52. The fraction of sp³-hybridized carbons (Fsp3) is 0.400. The molecule has 184 valence electrons. The Morgan fingerprint density at radius 3 is 1.25 bits per heavy atom. The van der Waals surface area contributed by atoms with E-state index in [0.717, 1.165) is 51.4 Å². The number of nitrogens with zero attached hydrogens (tertiary/aromatic N) is 2. The van der Waals surface area contributed by atoms with Gasteiger partial charge >= 0.3 is 0 Å². The van der Waals surface area contributed by atoms with Crippen LogP contribution in [0.3, 0.4) is 0 Å². The second-order valence-corrected chi connectivity index (χ2v) is 10.4. The topological polar surface area (TPSA) is 74.8 Å². The van der Waals surface area contributed by atoms with Crippen LogP contribution in [0.25, 0.3) is 10.8 Å². The summed E-state index contributed by atoms with van der Waals surface area (Å²) in [5.74, 6) is -0.627. The van der Waals surface area contributed by atoms with Crippen LogP contribution in [0, 0.1) is 11.8 Å². The maximum atomic E-state index is 13.4. The molecule has 0 N–H and O–H groups in total. The standard InChI is InChI=1S/C30H30N2O4/c33-27-21-11-13-23-26-24(30(36)32(29(23)35)18-16-20-9-5-2-6-10-20)14-12-22(25(21)26)28(34)31(27)17-15-19-7-3-1-4-8-19/h3,5,7,9,11-14,19-20H,1-2,4,6,8,10,15-18H2/t19-,20-/m1/s1. The molecule has 0 spiro atoms. The fourth-order valence-corrected chi connectivity index (χ4v) is 6.22. The summed E-state index contributed by atoms with van der Waals surface area (Å²) >= 11 is 0. The highest BCUT2D eigenvalue weighted by molar-refractivity contribution is 6.33. The molecule has 0 saturated carbocycles. The van der Waals surface area contributed by atoms with Gasteiger partial charge in [-0.25, -0.2) is 0 Å². The smallest absolute Gasteiger partial charge is 0.261 e. The van der Waals surface area contributed by atoms with E-state index in [9.17, 15) is 19.2 Å². The Bertz CT molecular complexity index is 1180. The number of carbonyl (C=O) groups is 4. The highest BCUT2D eigenvalue weighted by Crippen LogP contribution is 2.38. The van der Waals surface area contributed by atoms with Crippen molar-refractivity contribution in [3.8, 4) is 0 Å². The number of carbonyl (C=O) groups excluding carboxylic acids is 4. The average Bonchev–Trinajstić information content (AvgIpc) is 2.91. The van der Waals surface area contributed by atoms with Crippen LogP contribution in [0.5, 0.6) is 0 Å². The van der Waals surface area contributed by atoms with Crippen molar-refractivity contribution in [2.75, 3.05) is 13.1 Å². The second kappa shape index (κ2) is 9.16. The third kappa shape index (κ3) is 3.71. The van der Waals surface area contributed by atoms with Crippen LogP contribution in [0.4, 0.5) is 0 Å². The van der Waals surface area contributed by atoms with Crippen molar-refractivity contribution in [1.29, 1.82) is 0 Å². The van der Waals surface area contributed by atoms with E-state index in [-0.39, 0.29) is 23.6 Å². The minimum absolute atomic E-state index is 0.345. The van der Waals surface area contributed by atoms with Crippen molar-refractivity contribution in [3.63, 3.8) is 0 Å². The summed E-state index contributed by atoms with van der Waals surface area (Å²) in [5, 5.41) is 0.899. The molecule has 2 atom stereocenters. The Balaban J connectivity index is 1.31. The third-order valence-electron chi connectivity index (χ3n) is 8.22. The summed E-state index contributed by atoms with van der Waals surface area (Å²) in [6.45, 7) is 0.719. The highest BCUT2D eigenvalue weighted by atomic mass is 16.2. The first-order chi connectivity index (χ1) is 17.5. The van der Waals surface area contributed by atoms with E-state index in [1.807, 2.05) is 0 Å². The van der Waals surface area contributed by atoms with Gasteiger partial charge in [-0.05, 0) is 87.5 Å². The maximum Gasteiger partial charge on any atom is 0.261 e. The predicted molar refractivity (Wildman–Crippen MR) is 137 cm³/mol. The summed E-state index contributed by atoms with van der Waals surface area (Å²) < 4.78 is 0. The van der Waals surface area contributed by atoms with E-state index < -0.39 is 0 Å². The van der Waals surface area contributed by atoms with Crippen LogP contribution >= 0.6 is 0 Å². The van der Waals surface area contributed by atoms with Gasteiger partial charge in [-0.2, -0.15) is 0 Å². The molecule has 2 aliphatic heterocycles. The van der Waals surface area contributed by atoms with Gasteiger partial charge in [-0.3, -0.25) is 29.0 Å². The SMILES string of the molecule is O=C1c2ccc3c4c(ccc(c24)C(=O)N1CC[C@@H]1C=CCCC1)C(=O)N(CC[C@@H]1C=CCCC1)C3=O. The molecule has 6 rings (SSSR count). The molecule has 6 heteroatoms. The van der Waals surface area contributed by atoms with Crippen molar-refractivity contribution in [1.82, 2.24) is 9.80 Å². The summed E-state index contributed by atoms with van der Waals surface area (Å²) in [6.07, 6.45) is 16.8. The minimum Gasteiger partial charge on any atom is -0.274 e. The summed E-state index contributed by atoms with van der Waals surface area (Å²) in [4.78, 5) is 56.3. The number of amides is 4. The molecule has 0 radical (unpaired) electrons. The Hall–Kier alpha value is -3.54. The Kier molecular flexibility index (Phi) is 5.82. The molecule has 2 heterocycles. The van der Waals surface area contributed by atoms with E-state index >= 15 is 0 Å². The number of hydrogen-bond donors (Lipinski definition) is 0. The van der Waals surface area contributed by atoms with Gasteiger partial charge in [0.05, 0.1) is 0 Å². The molecule has 0 unspecified atom stereocenters. The molecule has 0 fully saturated rings. The molecule has 0 bridgehead atoms. The molecule has 0 aromatic heterocycles. The molecule has 4 amide bonds. The number of hydrogen-bond acceptors (Lipinski definition) is 4. The van der Waals surface area contributed by atoms with Crippen LogP contribution in [0.15, 0.2) is 48.6 Å². The van der Waals surface area contributed by atoms with E-state index in [2.05, 4.69) is 24.3 Å². The Morgan fingerprint density at radius 2 is 0.944 bits per heavy atom. The van der Waals surface area contributed by atoms with Crippen molar-refractivity contribution >= 4 is 34.4 Å². The number of rotatable bonds is 6. The lowest BCUT2D eigenvalue weighted by molar-refractivity contribution is 0.0582. The number of benzene rings is 2.